The number of rotatable bonds is 7. The Hall–Kier alpha value is -1.39. The number of carboxylic acids is 1. The third-order valence-corrected chi connectivity index (χ3v) is 3.33. The normalized spacial score (nSPS) is 16.1. The largest absolute Gasteiger partial charge is 0.481 e. The predicted octanol–water partition coefficient (Wildman–Crippen LogP) is 1.94. The van der Waals surface area contributed by atoms with E-state index in [4.69, 9.17) is 5.11 Å². The van der Waals surface area contributed by atoms with Crippen LogP contribution in [0, 0.1) is 5.92 Å². The molecule has 4 nitrogen and oxygen atoms in total. The van der Waals surface area contributed by atoms with E-state index in [1.807, 2.05) is 42.2 Å². The number of likely N-dealkylation sites (N-methyl/N-ethyl adjacent to an activating group) is 1. The van der Waals surface area contributed by atoms with Gasteiger partial charge in [-0.25, -0.2) is 0 Å². The molecule has 0 aliphatic rings. The molecular weight excluding hydrogens is 242 g/mol. The molecule has 0 aliphatic heterocycles. The van der Waals surface area contributed by atoms with Gasteiger partial charge in [0.05, 0.1) is 11.5 Å². The van der Waals surface area contributed by atoms with Crippen molar-refractivity contribution >= 4 is 5.97 Å². The van der Waals surface area contributed by atoms with E-state index >= 15 is 0 Å². The predicted molar refractivity (Wildman–Crippen MR) is 74.9 cm³/mol. The maximum absolute atomic E-state index is 10.9. The molecule has 1 aromatic carbocycles. The average molecular weight is 265 g/mol. The van der Waals surface area contributed by atoms with E-state index in [1.54, 1.807) is 13.8 Å². The van der Waals surface area contributed by atoms with Crippen LogP contribution in [0.3, 0.4) is 0 Å². The van der Waals surface area contributed by atoms with Crippen LogP contribution in [0.15, 0.2) is 30.3 Å². The van der Waals surface area contributed by atoms with Crippen LogP contribution in [-0.2, 0) is 10.4 Å². The van der Waals surface area contributed by atoms with Crippen molar-refractivity contribution in [2.24, 2.45) is 5.92 Å². The lowest BCUT2D eigenvalue weighted by molar-refractivity contribution is -0.142. The van der Waals surface area contributed by atoms with Crippen molar-refractivity contribution in [1.82, 2.24) is 4.90 Å². The van der Waals surface area contributed by atoms with E-state index in [0.717, 1.165) is 5.56 Å². The zero-order valence-corrected chi connectivity index (χ0v) is 11.8. The maximum atomic E-state index is 10.9. The number of hydrogen-bond donors (Lipinski definition) is 2. The molecule has 2 N–H and O–H groups in total. The molecule has 4 heteroatoms. The first-order valence-corrected chi connectivity index (χ1v) is 6.60. The van der Waals surface area contributed by atoms with Crippen LogP contribution in [-0.4, -0.2) is 40.7 Å². The summed E-state index contributed by atoms with van der Waals surface area (Å²) in [5.41, 5.74) is -0.133. The highest BCUT2D eigenvalue weighted by molar-refractivity contribution is 5.69. The highest BCUT2D eigenvalue weighted by atomic mass is 16.4. The average Bonchev–Trinajstić information content (AvgIpc) is 2.38. The Morgan fingerprint density at radius 3 is 2.42 bits per heavy atom. The monoisotopic (exact) mass is 265 g/mol. The minimum absolute atomic E-state index is 0.422. The lowest BCUT2D eigenvalue weighted by atomic mass is 9.95. The summed E-state index contributed by atoms with van der Waals surface area (Å²) in [6.07, 6.45) is 0. The molecule has 0 saturated carbocycles. The molecule has 0 saturated heterocycles. The first-order chi connectivity index (χ1) is 8.86. The molecule has 0 radical (unpaired) electrons. The molecule has 2 unspecified atom stereocenters. The van der Waals surface area contributed by atoms with Gasteiger partial charge in [0.25, 0.3) is 0 Å². The van der Waals surface area contributed by atoms with Gasteiger partial charge in [-0.15, -0.1) is 0 Å². The number of carboxylic acid groups (broad SMARTS) is 1. The van der Waals surface area contributed by atoms with Gasteiger partial charge in [0.2, 0.25) is 0 Å². The molecule has 1 aromatic rings. The second-order valence-corrected chi connectivity index (χ2v) is 5.21. The fourth-order valence-electron chi connectivity index (χ4n) is 2.09. The second kappa shape index (κ2) is 6.68. The summed E-state index contributed by atoms with van der Waals surface area (Å²) >= 11 is 0. The van der Waals surface area contributed by atoms with Crippen molar-refractivity contribution in [2.75, 3.05) is 19.6 Å². The van der Waals surface area contributed by atoms with Crippen molar-refractivity contribution < 1.29 is 15.0 Å². The zero-order chi connectivity index (χ0) is 14.5. The third-order valence-electron chi connectivity index (χ3n) is 3.33. The highest BCUT2D eigenvalue weighted by Gasteiger charge is 2.27. The summed E-state index contributed by atoms with van der Waals surface area (Å²) in [4.78, 5) is 12.9. The molecule has 0 aromatic heterocycles. The Balaban J connectivity index is 2.72. The fraction of sp³-hybridized carbons (Fsp3) is 0.533. The van der Waals surface area contributed by atoms with Gasteiger partial charge in [-0.3, -0.25) is 9.69 Å². The van der Waals surface area contributed by atoms with Crippen molar-refractivity contribution in [3.63, 3.8) is 0 Å². The molecule has 106 valence electrons. The Kier molecular flexibility index (Phi) is 5.51. The smallest absolute Gasteiger partial charge is 0.307 e. The minimum Gasteiger partial charge on any atom is -0.481 e. The summed E-state index contributed by atoms with van der Waals surface area (Å²) < 4.78 is 0. The van der Waals surface area contributed by atoms with Gasteiger partial charge in [-0.05, 0) is 19.0 Å². The van der Waals surface area contributed by atoms with E-state index < -0.39 is 17.5 Å². The number of carbonyl (C=O) groups is 1. The molecule has 0 fully saturated rings. The fourth-order valence-corrected chi connectivity index (χ4v) is 2.09. The minimum atomic E-state index is -0.977. The van der Waals surface area contributed by atoms with Crippen LogP contribution < -0.4 is 0 Å². The molecular formula is C15H23NO3. The van der Waals surface area contributed by atoms with Gasteiger partial charge in [-0.2, -0.15) is 0 Å². The standard InChI is InChI=1S/C15H23NO3/c1-4-16(10-12(2)14(17)18)11-15(3,19)13-8-6-5-7-9-13/h5-9,12,19H,4,10-11H2,1-3H3,(H,17,18). The Morgan fingerprint density at radius 1 is 1.37 bits per heavy atom. The van der Waals surface area contributed by atoms with Crippen LogP contribution in [0.4, 0.5) is 0 Å². The zero-order valence-electron chi connectivity index (χ0n) is 11.8. The summed E-state index contributed by atoms with van der Waals surface area (Å²) in [6, 6.07) is 9.45. The van der Waals surface area contributed by atoms with Crippen molar-refractivity contribution in [2.45, 2.75) is 26.4 Å². The Bertz CT molecular complexity index is 403. The molecule has 2 atom stereocenters. The number of hydrogen-bond acceptors (Lipinski definition) is 3. The molecule has 0 spiro atoms. The molecule has 0 bridgehead atoms. The molecule has 0 heterocycles. The lowest BCUT2D eigenvalue weighted by Crippen LogP contribution is -2.41. The van der Waals surface area contributed by atoms with Gasteiger partial charge in [0, 0.05) is 13.1 Å². The van der Waals surface area contributed by atoms with Crippen LogP contribution in [0.5, 0.6) is 0 Å². The molecule has 0 aliphatic carbocycles. The first kappa shape index (κ1) is 15.7. The van der Waals surface area contributed by atoms with E-state index in [2.05, 4.69) is 0 Å². The van der Waals surface area contributed by atoms with Crippen LogP contribution in [0.25, 0.3) is 0 Å². The summed E-state index contributed by atoms with van der Waals surface area (Å²) in [5.74, 6) is -1.25. The van der Waals surface area contributed by atoms with Crippen molar-refractivity contribution in [3.8, 4) is 0 Å². The first-order valence-electron chi connectivity index (χ1n) is 6.60. The highest BCUT2D eigenvalue weighted by Crippen LogP contribution is 2.21. The van der Waals surface area contributed by atoms with Gasteiger partial charge in [-0.1, -0.05) is 44.2 Å². The number of aliphatic hydroxyl groups is 1. The SMILES string of the molecule is CCN(CC(C)C(=O)O)CC(C)(O)c1ccccc1. The van der Waals surface area contributed by atoms with Crippen LogP contribution >= 0.6 is 0 Å². The van der Waals surface area contributed by atoms with Crippen molar-refractivity contribution in [1.29, 1.82) is 0 Å². The summed E-state index contributed by atoms with van der Waals surface area (Å²) in [6.45, 7) is 6.98. The summed E-state index contributed by atoms with van der Waals surface area (Å²) in [5, 5.41) is 19.5. The maximum Gasteiger partial charge on any atom is 0.307 e. The van der Waals surface area contributed by atoms with E-state index in [0.29, 0.717) is 19.6 Å². The lowest BCUT2D eigenvalue weighted by Gasteiger charge is -2.32. The topological polar surface area (TPSA) is 60.8 Å². The van der Waals surface area contributed by atoms with Crippen molar-refractivity contribution in [3.05, 3.63) is 35.9 Å². The van der Waals surface area contributed by atoms with E-state index in [1.165, 1.54) is 0 Å². The van der Waals surface area contributed by atoms with Gasteiger partial charge < -0.3 is 10.2 Å². The van der Waals surface area contributed by atoms with Gasteiger partial charge in [0.1, 0.15) is 0 Å². The second-order valence-electron chi connectivity index (χ2n) is 5.21. The van der Waals surface area contributed by atoms with Crippen LogP contribution in [0.2, 0.25) is 0 Å². The van der Waals surface area contributed by atoms with Crippen LogP contribution in [0.1, 0.15) is 26.3 Å². The third kappa shape index (κ3) is 4.65. The Labute approximate surface area is 114 Å². The summed E-state index contributed by atoms with van der Waals surface area (Å²) in [7, 11) is 0. The quantitative estimate of drug-likeness (QED) is 0.791. The Morgan fingerprint density at radius 2 is 1.95 bits per heavy atom. The molecule has 1 rings (SSSR count). The van der Waals surface area contributed by atoms with Gasteiger partial charge in [0.15, 0.2) is 0 Å². The number of aliphatic carboxylic acids is 1. The van der Waals surface area contributed by atoms with Gasteiger partial charge >= 0.3 is 5.97 Å². The molecule has 0 amide bonds. The number of benzene rings is 1. The van der Waals surface area contributed by atoms with E-state index in [9.17, 15) is 9.90 Å². The number of nitrogens with zero attached hydrogens (tertiary/aromatic N) is 1. The molecule has 19 heavy (non-hydrogen) atoms. The van der Waals surface area contributed by atoms with E-state index in [-0.39, 0.29) is 0 Å².